The molecule has 3 heteroatoms. The third kappa shape index (κ3) is 2.91. The van der Waals surface area contributed by atoms with Crippen molar-refractivity contribution >= 4 is 23.2 Å². The van der Waals surface area contributed by atoms with Crippen LogP contribution in [0, 0.1) is 5.92 Å². The lowest BCUT2D eigenvalue weighted by atomic mass is 9.96. The van der Waals surface area contributed by atoms with Crippen LogP contribution in [0.4, 0.5) is 0 Å². The molecular formula is C13H16Cl2O. The Balaban J connectivity index is 2.02. The third-order valence-electron chi connectivity index (χ3n) is 3.36. The molecule has 2 rings (SSSR count). The lowest BCUT2D eigenvalue weighted by molar-refractivity contribution is 0.145. The summed E-state index contributed by atoms with van der Waals surface area (Å²) in [5.41, 5.74) is 0.876. The van der Waals surface area contributed by atoms with Crippen LogP contribution in [0.1, 0.15) is 43.8 Å². The summed E-state index contributed by atoms with van der Waals surface area (Å²) in [5, 5.41) is 11.2. The quantitative estimate of drug-likeness (QED) is 0.840. The molecule has 0 saturated heterocycles. The van der Waals surface area contributed by atoms with Gasteiger partial charge in [-0.25, -0.2) is 0 Å². The van der Waals surface area contributed by atoms with Crippen LogP contribution in [0.3, 0.4) is 0 Å². The Bertz CT molecular complexity index is 359. The second kappa shape index (κ2) is 5.39. The summed E-state index contributed by atoms with van der Waals surface area (Å²) in [6, 6.07) is 5.37. The van der Waals surface area contributed by atoms with Gasteiger partial charge in [0.2, 0.25) is 0 Å². The van der Waals surface area contributed by atoms with E-state index in [1.165, 1.54) is 25.7 Å². The molecule has 1 aromatic rings. The molecule has 1 saturated carbocycles. The zero-order valence-electron chi connectivity index (χ0n) is 9.13. The fraction of sp³-hybridized carbons (Fsp3) is 0.538. The van der Waals surface area contributed by atoms with Crippen LogP contribution < -0.4 is 0 Å². The first kappa shape index (κ1) is 12.2. The van der Waals surface area contributed by atoms with Crippen molar-refractivity contribution in [3.63, 3.8) is 0 Å². The summed E-state index contributed by atoms with van der Waals surface area (Å²) >= 11 is 11.8. The van der Waals surface area contributed by atoms with Crippen molar-refractivity contribution in [2.75, 3.05) is 0 Å². The average molecular weight is 259 g/mol. The van der Waals surface area contributed by atoms with Crippen LogP contribution in [0.15, 0.2) is 18.2 Å². The molecule has 0 bridgehead atoms. The van der Waals surface area contributed by atoms with Gasteiger partial charge in [0.1, 0.15) is 0 Å². The highest BCUT2D eigenvalue weighted by Gasteiger charge is 2.20. The zero-order chi connectivity index (χ0) is 11.5. The van der Waals surface area contributed by atoms with Gasteiger partial charge in [-0.2, -0.15) is 0 Å². The first-order chi connectivity index (χ1) is 7.66. The third-order valence-corrected chi connectivity index (χ3v) is 4.10. The summed E-state index contributed by atoms with van der Waals surface area (Å²) in [6.45, 7) is 0. The van der Waals surface area contributed by atoms with E-state index in [-0.39, 0.29) is 0 Å². The van der Waals surface area contributed by atoms with E-state index in [0.717, 1.165) is 12.0 Å². The molecule has 88 valence electrons. The molecule has 0 aliphatic heterocycles. The Morgan fingerprint density at radius 2 is 1.88 bits per heavy atom. The Hall–Kier alpha value is -0.240. The molecule has 1 aromatic carbocycles. The SMILES string of the molecule is OC(CC1CCCC1)c1ccc(Cl)c(Cl)c1. The largest absolute Gasteiger partial charge is 0.388 e. The molecule has 16 heavy (non-hydrogen) atoms. The van der Waals surface area contributed by atoms with Crippen molar-refractivity contribution in [3.05, 3.63) is 33.8 Å². The van der Waals surface area contributed by atoms with Gasteiger partial charge in [-0.3, -0.25) is 0 Å². The predicted octanol–water partition coefficient (Wildman–Crippen LogP) is 4.61. The highest BCUT2D eigenvalue weighted by molar-refractivity contribution is 6.42. The number of hydrogen-bond acceptors (Lipinski definition) is 1. The summed E-state index contributed by atoms with van der Waals surface area (Å²) in [7, 11) is 0. The molecular weight excluding hydrogens is 243 g/mol. The average Bonchev–Trinajstić information content (AvgIpc) is 2.74. The van der Waals surface area contributed by atoms with E-state index < -0.39 is 6.10 Å². The number of halogens is 2. The lowest BCUT2D eigenvalue weighted by Gasteiger charge is -2.16. The van der Waals surface area contributed by atoms with Crippen LogP contribution in [-0.2, 0) is 0 Å². The van der Waals surface area contributed by atoms with E-state index in [9.17, 15) is 5.11 Å². The maximum Gasteiger partial charge on any atom is 0.0793 e. The number of hydrogen-bond donors (Lipinski definition) is 1. The van der Waals surface area contributed by atoms with Gasteiger partial charge >= 0.3 is 0 Å². The Labute approximate surface area is 106 Å². The number of aliphatic hydroxyl groups excluding tert-OH is 1. The summed E-state index contributed by atoms with van der Waals surface area (Å²) in [5.74, 6) is 0.671. The molecule has 1 aliphatic carbocycles. The molecule has 0 amide bonds. The Kier molecular flexibility index (Phi) is 4.12. The van der Waals surface area contributed by atoms with Crippen molar-refractivity contribution < 1.29 is 5.11 Å². The van der Waals surface area contributed by atoms with Crippen molar-refractivity contribution in [1.29, 1.82) is 0 Å². The highest BCUT2D eigenvalue weighted by atomic mass is 35.5. The topological polar surface area (TPSA) is 20.2 Å². The molecule has 0 radical (unpaired) electrons. The Morgan fingerprint density at radius 1 is 1.19 bits per heavy atom. The number of rotatable bonds is 3. The summed E-state index contributed by atoms with van der Waals surface area (Å²) in [4.78, 5) is 0. The minimum atomic E-state index is -0.405. The summed E-state index contributed by atoms with van der Waals surface area (Å²) in [6.07, 6.45) is 5.55. The molecule has 1 atom stereocenters. The second-order valence-electron chi connectivity index (χ2n) is 4.58. The maximum atomic E-state index is 10.1. The van der Waals surface area contributed by atoms with E-state index in [1.54, 1.807) is 12.1 Å². The second-order valence-corrected chi connectivity index (χ2v) is 5.39. The predicted molar refractivity (Wildman–Crippen MR) is 68.0 cm³/mol. The van der Waals surface area contributed by atoms with Crippen LogP contribution in [-0.4, -0.2) is 5.11 Å². The minimum Gasteiger partial charge on any atom is -0.388 e. The summed E-state index contributed by atoms with van der Waals surface area (Å²) < 4.78 is 0. The fourth-order valence-corrected chi connectivity index (χ4v) is 2.72. The van der Waals surface area contributed by atoms with E-state index in [0.29, 0.717) is 16.0 Å². The zero-order valence-corrected chi connectivity index (χ0v) is 10.6. The highest BCUT2D eigenvalue weighted by Crippen LogP contribution is 2.34. The van der Waals surface area contributed by atoms with Crippen LogP contribution in [0.2, 0.25) is 10.0 Å². The molecule has 1 unspecified atom stereocenters. The molecule has 1 N–H and O–H groups in total. The smallest absolute Gasteiger partial charge is 0.0793 e. The van der Waals surface area contributed by atoms with Crippen LogP contribution in [0.25, 0.3) is 0 Å². The molecule has 1 fully saturated rings. The fourth-order valence-electron chi connectivity index (χ4n) is 2.42. The standard InChI is InChI=1S/C13H16Cl2O/c14-11-6-5-10(8-12(11)15)13(16)7-9-3-1-2-4-9/h5-6,8-9,13,16H,1-4,7H2. The van der Waals surface area contributed by atoms with Gasteiger partial charge in [0, 0.05) is 0 Å². The van der Waals surface area contributed by atoms with Gasteiger partial charge in [0.05, 0.1) is 16.1 Å². The maximum absolute atomic E-state index is 10.1. The van der Waals surface area contributed by atoms with E-state index in [4.69, 9.17) is 23.2 Å². The Morgan fingerprint density at radius 3 is 2.50 bits per heavy atom. The van der Waals surface area contributed by atoms with E-state index in [2.05, 4.69) is 0 Å². The number of aliphatic hydroxyl groups is 1. The van der Waals surface area contributed by atoms with Gasteiger partial charge in [-0.05, 0) is 30.0 Å². The van der Waals surface area contributed by atoms with Crippen LogP contribution >= 0.6 is 23.2 Å². The van der Waals surface area contributed by atoms with Crippen molar-refractivity contribution in [3.8, 4) is 0 Å². The monoisotopic (exact) mass is 258 g/mol. The van der Waals surface area contributed by atoms with Crippen molar-refractivity contribution in [2.45, 2.75) is 38.2 Å². The van der Waals surface area contributed by atoms with Crippen molar-refractivity contribution in [2.24, 2.45) is 5.92 Å². The lowest BCUT2D eigenvalue weighted by Crippen LogP contribution is -2.04. The van der Waals surface area contributed by atoms with Crippen molar-refractivity contribution in [1.82, 2.24) is 0 Å². The molecule has 0 heterocycles. The van der Waals surface area contributed by atoms with Gasteiger partial charge in [-0.15, -0.1) is 0 Å². The first-order valence-electron chi connectivity index (χ1n) is 5.80. The number of benzene rings is 1. The van der Waals surface area contributed by atoms with E-state index in [1.807, 2.05) is 6.07 Å². The van der Waals surface area contributed by atoms with Gasteiger partial charge < -0.3 is 5.11 Å². The van der Waals surface area contributed by atoms with Crippen LogP contribution in [0.5, 0.6) is 0 Å². The molecule has 1 nitrogen and oxygen atoms in total. The molecule has 1 aliphatic rings. The molecule has 0 aromatic heterocycles. The van der Waals surface area contributed by atoms with E-state index >= 15 is 0 Å². The van der Waals surface area contributed by atoms with Gasteiger partial charge in [0.15, 0.2) is 0 Å². The molecule has 0 spiro atoms. The van der Waals surface area contributed by atoms with Gasteiger partial charge in [0.25, 0.3) is 0 Å². The normalized spacial score (nSPS) is 18.9. The minimum absolute atomic E-state index is 0.405. The van der Waals surface area contributed by atoms with Gasteiger partial charge in [-0.1, -0.05) is 55.0 Å². The first-order valence-corrected chi connectivity index (χ1v) is 6.55.